The number of carbonyl (C=O) groups is 3. The van der Waals surface area contributed by atoms with Gasteiger partial charge in [-0.25, -0.2) is 14.4 Å². The molecule has 2 saturated heterocycles. The average molecular weight is 462 g/mol. The standard InChI is InChI=1S/C23H26O10/c1-8-9-4-13(24)32-11(9)6-21(2)10(8)5-12-22-7-31-23(20(29)30-3,18(27)14(25)16(21)22)17(22)15(26)19(28)33-12/h4,6,8,10,12,14-18,25-27H,5,7H2,1-3H3. The molecule has 0 aromatic rings. The summed E-state index contributed by atoms with van der Waals surface area (Å²) in [7, 11) is 1.12. The highest BCUT2D eigenvalue weighted by molar-refractivity contribution is 5.89. The molecule has 10 nitrogen and oxygen atoms in total. The second-order valence-corrected chi connectivity index (χ2v) is 10.5. The molecule has 3 aliphatic heterocycles. The molecule has 6 aliphatic rings. The molecule has 11 atom stereocenters. The number of hydrogen-bond donors (Lipinski definition) is 3. The molecular weight excluding hydrogens is 436 g/mol. The third-order valence-electron chi connectivity index (χ3n) is 9.45. The summed E-state index contributed by atoms with van der Waals surface area (Å²) < 4.78 is 22.0. The van der Waals surface area contributed by atoms with Crippen LogP contribution in [-0.4, -0.2) is 77.0 Å². The second kappa shape index (κ2) is 6.24. The van der Waals surface area contributed by atoms with Gasteiger partial charge >= 0.3 is 17.9 Å². The molecule has 6 rings (SSSR count). The van der Waals surface area contributed by atoms with Crippen molar-refractivity contribution < 1.29 is 48.7 Å². The first-order valence-corrected chi connectivity index (χ1v) is 11.2. The number of ether oxygens (including phenoxy) is 4. The highest BCUT2D eigenvalue weighted by Crippen LogP contribution is 2.72. The molecule has 178 valence electrons. The van der Waals surface area contributed by atoms with E-state index in [1.807, 2.05) is 19.9 Å². The maximum Gasteiger partial charge on any atom is 0.341 e. The smallest absolute Gasteiger partial charge is 0.341 e. The van der Waals surface area contributed by atoms with E-state index >= 15 is 0 Å². The molecule has 3 N–H and O–H groups in total. The normalized spacial score (nSPS) is 53.6. The van der Waals surface area contributed by atoms with Crippen LogP contribution in [-0.2, 0) is 33.3 Å². The van der Waals surface area contributed by atoms with Gasteiger partial charge in [0.25, 0.3) is 0 Å². The third kappa shape index (κ3) is 2.12. The lowest BCUT2D eigenvalue weighted by Crippen LogP contribution is -2.78. The van der Waals surface area contributed by atoms with E-state index in [0.717, 1.165) is 12.7 Å². The van der Waals surface area contributed by atoms with E-state index in [2.05, 4.69) is 0 Å². The lowest BCUT2D eigenvalue weighted by molar-refractivity contribution is -0.287. The predicted octanol–water partition coefficient (Wildman–Crippen LogP) is -0.788. The molecule has 0 amide bonds. The molecular formula is C23H26O10. The van der Waals surface area contributed by atoms with E-state index < -0.39 is 70.6 Å². The van der Waals surface area contributed by atoms with Gasteiger partial charge in [-0.2, -0.15) is 0 Å². The number of allylic oxidation sites excluding steroid dienone is 2. The van der Waals surface area contributed by atoms with E-state index in [4.69, 9.17) is 18.9 Å². The van der Waals surface area contributed by atoms with E-state index in [1.165, 1.54) is 6.08 Å². The van der Waals surface area contributed by atoms with Gasteiger partial charge in [-0.3, -0.25) is 0 Å². The molecule has 3 aliphatic carbocycles. The molecule has 10 heteroatoms. The van der Waals surface area contributed by atoms with Crippen LogP contribution in [0.4, 0.5) is 0 Å². The summed E-state index contributed by atoms with van der Waals surface area (Å²) in [4.78, 5) is 37.7. The van der Waals surface area contributed by atoms with Crippen LogP contribution in [0.15, 0.2) is 23.5 Å². The fraction of sp³-hybridized carbons (Fsp3) is 0.696. The number of carbonyl (C=O) groups excluding carboxylic acids is 3. The van der Waals surface area contributed by atoms with Gasteiger partial charge in [0.15, 0.2) is 11.7 Å². The summed E-state index contributed by atoms with van der Waals surface area (Å²) in [6.45, 7) is 3.75. The predicted molar refractivity (Wildman–Crippen MR) is 106 cm³/mol. The summed E-state index contributed by atoms with van der Waals surface area (Å²) in [6.07, 6.45) is -2.12. The van der Waals surface area contributed by atoms with Crippen molar-refractivity contribution in [3.63, 3.8) is 0 Å². The number of aliphatic hydroxyl groups is 3. The third-order valence-corrected chi connectivity index (χ3v) is 9.45. The molecule has 3 heterocycles. The van der Waals surface area contributed by atoms with E-state index in [1.54, 1.807) is 0 Å². The van der Waals surface area contributed by atoms with E-state index in [0.29, 0.717) is 12.2 Å². The van der Waals surface area contributed by atoms with E-state index in [-0.39, 0.29) is 18.4 Å². The summed E-state index contributed by atoms with van der Waals surface area (Å²) in [6, 6.07) is 0. The Morgan fingerprint density at radius 3 is 2.64 bits per heavy atom. The Kier molecular flexibility index (Phi) is 4.02. The molecule has 0 aromatic carbocycles. The first-order valence-electron chi connectivity index (χ1n) is 11.2. The number of aliphatic hydroxyl groups excluding tert-OH is 3. The van der Waals surface area contributed by atoms with Gasteiger partial charge < -0.3 is 34.3 Å². The van der Waals surface area contributed by atoms with Crippen molar-refractivity contribution in [3.05, 3.63) is 23.5 Å². The Morgan fingerprint density at radius 1 is 1.21 bits per heavy atom. The number of hydrogen-bond acceptors (Lipinski definition) is 10. The van der Waals surface area contributed by atoms with Gasteiger partial charge in [0.2, 0.25) is 0 Å². The molecule has 0 aromatic heterocycles. The van der Waals surface area contributed by atoms with Gasteiger partial charge in [-0.15, -0.1) is 0 Å². The van der Waals surface area contributed by atoms with E-state index in [9.17, 15) is 29.7 Å². The second-order valence-electron chi connectivity index (χ2n) is 10.5. The maximum atomic E-state index is 13.0. The molecule has 33 heavy (non-hydrogen) atoms. The number of fused-ring (bicyclic) bond motifs is 3. The Balaban J connectivity index is 1.60. The Bertz CT molecular complexity index is 1050. The summed E-state index contributed by atoms with van der Waals surface area (Å²) in [5.74, 6) is -4.21. The van der Waals surface area contributed by atoms with Gasteiger partial charge in [-0.05, 0) is 29.7 Å². The first kappa shape index (κ1) is 21.3. The molecule has 1 spiro atoms. The van der Waals surface area contributed by atoms with Gasteiger partial charge in [0.05, 0.1) is 25.7 Å². The minimum atomic E-state index is -2.11. The van der Waals surface area contributed by atoms with Crippen LogP contribution in [0.1, 0.15) is 20.3 Å². The number of rotatable bonds is 1. The van der Waals surface area contributed by atoms with Crippen molar-refractivity contribution in [2.75, 3.05) is 13.7 Å². The van der Waals surface area contributed by atoms with Crippen LogP contribution in [0, 0.1) is 34.5 Å². The molecule has 0 radical (unpaired) electrons. The van der Waals surface area contributed by atoms with Crippen LogP contribution in [0.2, 0.25) is 0 Å². The fourth-order valence-corrected chi connectivity index (χ4v) is 8.31. The molecule has 11 unspecified atom stereocenters. The van der Waals surface area contributed by atoms with Crippen molar-refractivity contribution in [2.45, 2.75) is 50.3 Å². The quantitative estimate of drug-likeness (QED) is 0.334. The van der Waals surface area contributed by atoms with Crippen LogP contribution in [0.3, 0.4) is 0 Å². The van der Waals surface area contributed by atoms with Crippen molar-refractivity contribution in [1.29, 1.82) is 0 Å². The SMILES string of the molecule is COC(=O)C12OCC34C(CC5C(C)C6=CC(=O)OC6=CC5(C)C3C(O)C1O)OC(=O)C(O)C24. The zero-order chi connectivity index (χ0) is 23.7. The van der Waals surface area contributed by atoms with Crippen LogP contribution >= 0.6 is 0 Å². The Morgan fingerprint density at radius 2 is 1.94 bits per heavy atom. The lowest BCUT2D eigenvalue weighted by atomic mass is 9.38. The summed E-state index contributed by atoms with van der Waals surface area (Å²) in [5, 5.41) is 33.8. The molecule has 2 bridgehead atoms. The van der Waals surface area contributed by atoms with Crippen molar-refractivity contribution in [1.82, 2.24) is 0 Å². The number of esters is 3. The zero-order valence-electron chi connectivity index (χ0n) is 18.4. The first-order chi connectivity index (χ1) is 15.5. The zero-order valence-corrected chi connectivity index (χ0v) is 18.4. The topological polar surface area (TPSA) is 149 Å². The van der Waals surface area contributed by atoms with Crippen molar-refractivity contribution >= 4 is 17.9 Å². The van der Waals surface area contributed by atoms with Crippen LogP contribution in [0.25, 0.3) is 0 Å². The highest BCUT2D eigenvalue weighted by Gasteiger charge is 2.84. The van der Waals surface area contributed by atoms with Gasteiger partial charge in [-0.1, -0.05) is 13.8 Å². The monoisotopic (exact) mass is 462 g/mol. The largest absolute Gasteiger partial charge is 0.467 e. The maximum absolute atomic E-state index is 13.0. The van der Waals surface area contributed by atoms with Crippen LogP contribution < -0.4 is 0 Å². The Labute approximate surface area is 189 Å². The summed E-state index contributed by atoms with van der Waals surface area (Å²) >= 11 is 0. The highest BCUT2D eigenvalue weighted by atomic mass is 16.6. The number of methoxy groups -OCH3 is 1. The molecule has 2 saturated carbocycles. The minimum Gasteiger partial charge on any atom is -0.467 e. The minimum absolute atomic E-state index is 0.122. The van der Waals surface area contributed by atoms with Gasteiger partial charge in [0.1, 0.15) is 18.0 Å². The van der Waals surface area contributed by atoms with Crippen molar-refractivity contribution in [2.24, 2.45) is 34.5 Å². The fourth-order valence-electron chi connectivity index (χ4n) is 8.31. The average Bonchev–Trinajstić information content (AvgIpc) is 3.29. The van der Waals surface area contributed by atoms with Crippen molar-refractivity contribution in [3.8, 4) is 0 Å². The summed E-state index contributed by atoms with van der Waals surface area (Å²) in [5.41, 5.74) is -3.35. The molecule has 4 fully saturated rings. The Hall–Kier alpha value is -2.27. The lowest BCUT2D eigenvalue weighted by Gasteiger charge is -2.67. The van der Waals surface area contributed by atoms with Crippen LogP contribution in [0.5, 0.6) is 0 Å². The van der Waals surface area contributed by atoms with Gasteiger partial charge in [0, 0.05) is 23.0 Å².